The molecule has 5 rings (SSSR count). The van der Waals surface area contributed by atoms with Gasteiger partial charge in [0, 0.05) is 30.4 Å². The van der Waals surface area contributed by atoms with E-state index >= 15 is 0 Å². The smallest absolute Gasteiger partial charge is 0.303 e. The van der Waals surface area contributed by atoms with E-state index < -0.39 is 5.97 Å². The van der Waals surface area contributed by atoms with Crippen molar-refractivity contribution in [1.82, 2.24) is 10.3 Å². The predicted molar refractivity (Wildman–Crippen MR) is 122 cm³/mol. The molecule has 0 amide bonds. The Morgan fingerprint density at radius 3 is 2.23 bits per heavy atom. The lowest BCUT2D eigenvalue weighted by Crippen LogP contribution is -2.60. The average molecular weight is 415 g/mol. The van der Waals surface area contributed by atoms with Crippen LogP contribution in [0.4, 0.5) is 0 Å². The van der Waals surface area contributed by atoms with Gasteiger partial charge in [0.2, 0.25) is 0 Å². The van der Waals surface area contributed by atoms with Crippen molar-refractivity contribution < 1.29 is 9.90 Å². The molecule has 4 heteroatoms. The summed E-state index contributed by atoms with van der Waals surface area (Å²) < 4.78 is 0. The fourth-order valence-electron chi connectivity index (χ4n) is 6.55. The molecule has 0 aliphatic heterocycles. The highest BCUT2D eigenvalue weighted by Gasteiger charge is 2.50. The summed E-state index contributed by atoms with van der Waals surface area (Å²) >= 11 is 0. The van der Waals surface area contributed by atoms with Crippen LogP contribution in [0, 0.1) is 17.8 Å². The summed E-state index contributed by atoms with van der Waals surface area (Å²) in [4.78, 5) is 14.1. The van der Waals surface area contributed by atoms with Crippen LogP contribution >= 0.6 is 0 Å². The number of rotatable bonds is 10. The summed E-state index contributed by atoms with van der Waals surface area (Å²) in [6.45, 7) is 4.71. The number of nitrogens with zero attached hydrogens (tertiary/aromatic N) is 1. The molecule has 4 aliphatic carbocycles. The zero-order valence-electron chi connectivity index (χ0n) is 19.1. The molecule has 1 heterocycles. The highest BCUT2D eigenvalue weighted by Crippen LogP contribution is 2.55. The number of nitrogens with one attached hydrogen (secondary N) is 1. The first-order chi connectivity index (χ1) is 14.5. The molecule has 0 saturated heterocycles. The lowest BCUT2D eigenvalue weighted by Gasteiger charge is -2.58. The zero-order valence-corrected chi connectivity index (χ0v) is 19.1. The van der Waals surface area contributed by atoms with Crippen LogP contribution in [-0.4, -0.2) is 27.6 Å². The van der Waals surface area contributed by atoms with Crippen molar-refractivity contribution in [2.24, 2.45) is 17.8 Å². The van der Waals surface area contributed by atoms with E-state index in [1.165, 1.54) is 44.1 Å². The Hall–Kier alpha value is -1.42. The number of carboxylic acids is 1. The fourth-order valence-corrected chi connectivity index (χ4v) is 6.55. The van der Waals surface area contributed by atoms with Crippen LogP contribution in [0.3, 0.4) is 0 Å². The van der Waals surface area contributed by atoms with Gasteiger partial charge in [0.1, 0.15) is 0 Å². The molecule has 1 aromatic rings. The van der Waals surface area contributed by atoms with Gasteiger partial charge in [-0.05, 0) is 107 Å². The van der Waals surface area contributed by atoms with Gasteiger partial charge in [-0.2, -0.15) is 0 Å². The van der Waals surface area contributed by atoms with Crippen molar-refractivity contribution >= 4 is 5.97 Å². The zero-order chi connectivity index (χ0) is 21.4. The maximum atomic E-state index is 10.2. The Morgan fingerprint density at radius 2 is 1.70 bits per heavy atom. The molecule has 1 aromatic heterocycles. The van der Waals surface area contributed by atoms with E-state index in [4.69, 9.17) is 5.11 Å². The van der Waals surface area contributed by atoms with Crippen molar-refractivity contribution in [1.29, 1.82) is 0 Å². The maximum Gasteiger partial charge on any atom is 0.303 e. The summed E-state index contributed by atoms with van der Waals surface area (Å²) in [6.07, 6.45) is 19.7. The molecular weight excluding hydrogens is 372 g/mol. The number of hydrogen-bond donors (Lipinski definition) is 2. The first kappa shape index (κ1) is 23.2. The highest BCUT2D eigenvalue weighted by molar-refractivity contribution is 5.66. The van der Waals surface area contributed by atoms with Crippen molar-refractivity contribution in [3.05, 3.63) is 30.1 Å². The quantitative estimate of drug-likeness (QED) is 0.461. The van der Waals surface area contributed by atoms with E-state index in [0.29, 0.717) is 5.54 Å². The molecule has 1 atom stereocenters. The van der Waals surface area contributed by atoms with E-state index in [0.717, 1.165) is 43.1 Å². The Morgan fingerprint density at radius 1 is 1.10 bits per heavy atom. The third-order valence-corrected chi connectivity index (χ3v) is 7.44. The molecule has 4 fully saturated rings. The molecule has 168 valence electrons. The lowest BCUT2D eigenvalue weighted by molar-refractivity contribution is -0.137. The van der Waals surface area contributed by atoms with E-state index in [-0.39, 0.29) is 6.42 Å². The summed E-state index contributed by atoms with van der Waals surface area (Å²) in [7, 11) is 0. The van der Waals surface area contributed by atoms with Crippen molar-refractivity contribution in [3.8, 4) is 0 Å². The minimum absolute atomic E-state index is 0.269. The molecule has 4 bridgehead atoms. The number of aromatic nitrogens is 1. The number of aliphatic carboxylic acids is 1. The lowest BCUT2D eigenvalue weighted by atomic mass is 9.53. The van der Waals surface area contributed by atoms with Gasteiger partial charge >= 0.3 is 5.97 Å². The van der Waals surface area contributed by atoms with Crippen molar-refractivity contribution in [2.45, 2.75) is 109 Å². The van der Waals surface area contributed by atoms with Crippen LogP contribution in [0.1, 0.15) is 96.5 Å². The van der Waals surface area contributed by atoms with Crippen LogP contribution < -0.4 is 5.32 Å². The predicted octanol–water partition coefficient (Wildman–Crippen LogP) is 6.00. The van der Waals surface area contributed by atoms with E-state index in [9.17, 15) is 4.79 Å². The Labute approximate surface area is 183 Å². The van der Waals surface area contributed by atoms with Crippen LogP contribution in [0.25, 0.3) is 0 Å². The number of pyridine rings is 1. The number of carbonyl (C=O) groups is 1. The van der Waals surface area contributed by atoms with E-state index in [2.05, 4.69) is 24.1 Å². The number of aryl methyl sites for hydroxylation is 1. The van der Waals surface area contributed by atoms with Gasteiger partial charge in [-0.25, -0.2) is 0 Å². The topological polar surface area (TPSA) is 62.2 Å². The number of hydrogen-bond acceptors (Lipinski definition) is 3. The van der Waals surface area contributed by atoms with Crippen LogP contribution in [0.5, 0.6) is 0 Å². The van der Waals surface area contributed by atoms with E-state index in [1.54, 1.807) is 31.7 Å². The third-order valence-electron chi connectivity index (χ3n) is 7.44. The van der Waals surface area contributed by atoms with Crippen LogP contribution in [-0.2, 0) is 11.2 Å². The first-order valence-corrected chi connectivity index (χ1v) is 12.4. The second-order valence-electron chi connectivity index (χ2n) is 10.3. The summed E-state index contributed by atoms with van der Waals surface area (Å²) in [6, 6.07) is 4.66. The molecule has 0 aromatic carbocycles. The Kier molecular flexibility index (Phi) is 8.73. The molecule has 30 heavy (non-hydrogen) atoms. The molecular formula is C26H42N2O2. The first-order valence-electron chi connectivity index (χ1n) is 12.4. The second-order valence-corrected chi connectivity index (χ2v) is 10.3. The van der Waals surface area contributed by atoms with Gasteiger partial charge in [-0.1, -0.05) is 19.8 Å². The van der Waals surface area contributed by atoms with Gasteiger partial charge in [0.05, 0.1) is 0 Å². The number of unbranched alkanes of at least 4 members (excludes halogenated alkanes) is 2. The monoisotopic (exact) mass is 414 g/mol. The molecule has 4 saturated carbocycles. The van der Waals surface area contributed by atoms with Gasteiger partial charge in [-0.3, -0.25) is 9.78 Å². The summed E-state index contributed by atoms with van der Waals surface area (Å²) in [5.74, 6) is 2.51. The fraction of sp³-hybridized carbons (Fsp3) is 0.769. The minimum Gasteiger partial charge on any atom is -0.481 e. The molecule has 0 radical (unpaired) electrons. The van der Waals surface area contributed by atoms with Gasteiger partial charge in [0.15, 0.2) is 0 Å². The normalized spacial score (nSPS) is 29.9. The molecule has 1 unspecified atom stereocenters. The van der Waals surface area contributed by atoms with Crippen molar-refractivity contribution in [2.75, 3.05) is 0 Å². The van der Waals surface area contributed by atoms with Crippen LogP contribution in [0.2, 0.25) is 0 Å². The number of carboxylic acid groups (broad SMARTS) is 1. The largest absolute Gasteiger partial charge is 0.481 e. The van der Waals surface area contributed by atoms with Gasteiger partial charge in [-0.15, -0.1) is 0 Å². The summed E-state index contributed by atoms with van der Waals surface area (Å²) in [5, 5.41) is 12.5. The average Bonchev–Trinajstić information content (AvgIpc) is 2.69. The van der Waals surface area contributed by atoms with Gasteiger partial charge in [0.25, 0.3) is 0 Å². The molecule has 2 N–H and O–H groups in total. The third kappa shape index (κ3) is 7.08. The second kappa shape index (κ2) is 11.3. The molecule has 4 aliphatic rings. The summed E-state index contributed by atoms with van der Waals surface area (Å²) in [5.41, 5.74) is 1.79. The SMILES string of the molecule is CCCCC(C)NC12CC3CC(CC(C3)C1)C2.O=C(O)CCCCc1ccncc1. The highest BCUT2D eigenvalue weighted by atomic mass is 16.4. The standard InChI is InChI=1S/C16H29N.C10H13NO2/c1-3-4-5-12(2)17-16-9-13-6-14(10-16)8-15(7-13)11-16;12-10(13)4-2-1-3-9-5-7-11-8-6-9/h12-15,17H,3-11H2,1-2H3;5-8H,1-4H2,(H,12,13). The Balaban J connectivity index is 0.000000178. The maximum absolute atomic E-state index is 10.2. The Bertz CT molecular complexity index is 610. The molecule has 0 spiro atoms. The van der Waals surface area contributed by atoms with E-state index in [1.807, 2.05) is 12.1 Å². The van der Waals surface area contributed by atoms with Crippen molar-refractivity contribution in [3.63, 3.8) is 0 Å². The minimum atomic E-state index is -0.713. The van der Waals surface area contributed by atoms with Gasteiger partial charge < -0.3 is 10.4 Å². The molecule has 4 nitrogen and oxygen atoms in total. The van der Waals surface area contributed by atoms with Crippen LogP contribution in [0.15, 0.2) is 24.5 Å².